The van der Waals surface area contributed by atoms with Crippen LogP contribution in [0.5, 0.6) is 0 Å². The zero-order chi connectivity index (χ0) is 21.8. The maximum Gasteiger partial charge on any atom is 0.261 e. The lowest BCUT2D eigenvalue weighted by molar-refractivity contribution is -0.0542. The summed E-state index contributed by atoms with van der Waals surface area (Å²) in [5.74, 6) is 0.480. The Morgan fingerprint density at radius 1 is 1.23 bits per heavy atom. The Labute approximate surface area is 188 Å². The van der Waals surface area contributed by atoms with Crippen molar-refractivity contribution in [3.8, 4) is 0 Å². The quantitative estimate of drug-likeness (QED) is 0.355. The molecule has 5 rings (SSSR count). The van der Waals surface area contributed by atoms with Crippen LogP contribution in [-0.2, 0) is 17.8 Å². The number of anilines is 1. The summed E-state index contributed by atoms with van der Waals surface area (Å²) in [6.45, 7) is 5.12. The van der Waals surface area contributed by atoms with Gasteiger partial charge in [0.15, 0.2) is 5.16 Å². The standard InChI is InChI=1S/C22H22N4O3S2/c1-3-22(2)10-14-15(11-29-22)31-18-16(14)17(23)24-21(25-18)30-9-8-26-19(27)12-6-4-5-7-13(12)20(26)28/h4-7H,3,8-11H2,1-2H3,(H2,23,24,25)/t22-/m1/s1. The van der Waals surface area contributed by atoms with E-state index in [2.05, 4.69) is 18.8 Å². The van der Waals surface area contributed by atoms with E-state index in [1.165, 1.54) is 22.2 Å². The summed E-state index contributed by atoms with van der Waals surface area (Å²) in [5.41, 5.74) is 8.28. The van der Waals surface area contributed by atoms with E-state index in [-0.39, 0.29) is 17.4 Å². The number of thioether (sulfide) groups is 1. The number of aromatic nitrogens is 2. The second-order valence-electron chi connectivity index (χ2n) is 8.00. The number of nitrogens with zero attached hydrogens (tertiary/aromatic N) is 3. The van der Waals surface area contributed by atoms with E-state index in [0.29, 0.717) is 41.0 Å². The predicted octanol–water partition coefficient (Wildman–Crippen LogP) is 3.90. The van der Waals surface area contributed by atoms with Crippen molar-refractivity contribution in [2.75, 3.05) is 18.0 Å². The number of imide groups is 1. The van der Waals surface area contributed by atoms with Crippen LogP contribution < -0.4 is 5.73 Å². The Kier molecular flexibility index (Phi) is 4.99. The predicted molar refractivity (Wildman–Crippen MR) is 122 cm³/mol. The average Bonchev–Trinajstić information content (AvgIpc) is 3.24. The molecule has 0 bridgehead atoms. The number of hydrogen-bond acceptors (Lipinski definition) is 8. The maximum absolute atomic E-state index is 12.5. The second-order valence-corrected chi connectivity index (χ2v) is 10.1. The molecule has 0 aliphatic carbocycles. The van der Waals surface area contributed by atoms with Gasteiger partial charge >= 0.3 is 0 Å². The van der Waals surface area contributed by atoms with Crippen LogP contribution in [0.4, 0.5) is 5.82 Å². The summed E-state index contributed by atoms with van der Waals surface area (Å²) in [6.07, 6.45) is 1.73. The minimum absolute atomic E-state index is 0.187. The van der Waals surface area contributed by atoms with Crippen molar-refractivity contribution < 1.29 is 14.3 Å². The van der Waals surface area contributed by atoms with Gasteiger partial charge < -0.3 is 10.5 Å². The second kappa shape index (κ2) is 7.58. The number of amides is 2. The molecule has 2 aliphatic rings. The van der Waals surface area contributed by atoms with Gasteiger partial charge in [-0.05, 0) is 31.0 Å². The first-order valence-electron chi connectivity index (χ1n) is 10.2. The van der Waals surface area contributed by atoms with Crippen molar-refractivity contribution in [3.63, 3.8) is 0 Å². The van der Waals surface area contributed by atoms with Crippen LogP contribution >= 0.6 is 23.1 Å². The smallest absolute Gasteiger partial charge is 0.261 e. The van der Waals surface area contributed by atoms with Crippen LogP contribution in [0.15, 0.2) is 29.4 Å². The number of nitrogens with two attached hydrogens (primary N) is 1. The maximum atomic E-state index is 12.5. The molecule has 0 saturated heterocycles. The fraction of sp³-hybridized carbons (Fsp3) is 0.364. The zero-order valence-electron chi connectivity index (χ0n) is 17.3. The molecule has 31 heavy (non-hydrogen) atoms. The van der Waals surface area contributed by atoms with E-state index in [4.69, 9.17) is 15.5 Å². The highest BCUT2D eigenvalue weighted by molar-refractivity contribution is 7.99. The Morgan fingerprint density at radius 3 is 2.61 bits per heavy atom. The van der Waals surface area contributed by atoms with Crippen LogP contribution in [-0.4, -0.2) is 44.6 Å². The van der Waals surface area contributed by atoms with Gasteiger partial charge in [-0.25, -0.2) is 9.97 Å². The van der Waals surface area contributed by atoms with Crippen LogP contribution in [0.25, 0.3) is 10.2 Å². The number of thiophene rings is 1. The largest absolute Gasteiger partial charge is 0.383 e. The third-order valence-electron chi connectivity index (χ3n) is 6.02. The summed E-state index contributed by atoms with van der Waals surface area (Å²) in [7, 11) is 0. The highest BCUT2D eigenvalue weighted by Gasteiger charge is 2.35. The van der Waals surface area contributed by atoms with Crippen molar-refractivity contribution in [2.45, 2.75) is 44.1 Å². The molecule has 0 saturated carbocycles. The van der Waals surface area contributed by atoms with E-state index in [9.17, 15) is 9.59 Å². The average molecular weight is 455 g/mol. The van der Waals surface area contributed by atoms with E-state index in [1.54, 1.807) is 35.6 Å². The molecule has 2 N–H and O–H groups in total. The topological polar surface area (TPSA) is 98.4 Å². The highest BCUT2D eigenvalue weighted by atomic mass is 32.2. The van der Waals surface area contributed by atoms with Gasteiger partial charge in [0.25, 0.3) is 11.8 Å². The lowest BCUT2D eigenvalue weighted by Crippen LogP contribution is -2.33. The number of nitrogen functional groups attached to an aromatic ring is 1. The van der Waals surface area contributed by atoms with Gasteiger partial charge in [0, 0.05) is 23.6 Å². The summed E-state index contributed by atoms with van der Waals surface area (Å²) in [5, 5.41) is 1.49. The fourth-order valence-corrected chi connectivity index (χ4v) is 5.99. The normalized spacial score (nSPS) is 20.4. The van der Waals surface area contributed by atoms with E-state index in [1.807, 2.05) is 0 Å². The molecule has 7 nitrogen and oxygen atoms in total. The molecule has 0 spiro atoms. The molecule has 1 aromatic carbocycles. The SMILES string of the molecule is CC[C@]1(C)Cc2c(sc3nc(SCCN4C(=O)c5ccccc5C4=O)nc(N)c23)CO1. The van der Waals surface area contributed by atoms with E-state index >= 15 is 0 Å². The number of rotatable bonds is 5. The molecule has 1 atom stereocenters. The molecule has 9 heteroatoms. The van der Waals surface area contributed by atoms with Crippen molar-refractivity contribution in [2.24, 2.45) is 0 Å². The van der Waals surface area contributed by atoms with Gasteiger partial charge in [-0.15, -0.1) is 11.3 Å². The van der Waals surface area contributed by atoms with Crippen molar-refractivity contribution in [1.82, 2.24) is 14.9 Å². The third-order valence-corrected chi connectivity index (χ3v) is 7.94. The monoisotopic (exact) mass is 454 g/mol. The van der Waals surface area contributed by atoms with Crippen molar-refractivity contribution in [3.05, 3.63) is 45.8 Å². The molecule has 3 aromatic rings. The molecular formula is C22H22N4O3S2. The van der Waals surface area contributed by atoms with Crippen LogP contribution in [0.2, 0.25) is 0 Å². The fourth-order valence-electron chi connectivity index (χ4n) is 4.04. The van der Waals surface area contributed by atoms with Crippen molar-refractivity contribution in [1.29, 1.82) is 0 Å². The third kappa shape index (κ3) is 3.40. The lowest BCUT2D eigenvalue weighted by atomic mass is 9.90. The molecule has 2 amide bonds. The number of ether oxygens (including phenoxy) is 1. The molecule has 0 radical (unpaired) electrons. The molecule has 2 aromatic heterocycles. The molecule has 2 aliphatic heterocycles. The van der Waals surface area contributed by atoms with E-state index in [0.717, 1.165) is 27.9 Å². The van der Waals surface area contributed by atoms with Crippen LogP contribution in [0.1, 0.15) is 51.4 Å². The van der Waals surface area contributed by atoms with Gasteiger partial charge in [0.1, 0.15) is 10.6 Å². The van der Waals surface area contributed by atoms with Gasteiger partial charge in [-0.2, -0.15) is 0 Å². The van der Waals surface area contributed by atoms with Gasteiger partial charge in [-0.3, -0.25) is 14.5 Å². The first-order valence-corrected chi connectivity index (χ1v) is 12.0. The minimum atomic E-state index is -0.248. The Bertz CT molecular complexity index is 1190. The molecule has 160 valence electrons. The first-order chi connectivity index (χ1) is 14.9. The summed E-state index contributed by atoms with van der Waals surface area (Å²) in [6, 6.07) is 6.91. The number of carbonyl (C=O) groups excluding carboxylic acids is 2. The molecule has 4 heterocycles. The summed E-state index contributed by atoms with van der Waals surface area (Å²) >= 11 is 3.00. The molecule has 0 fully saturated rings. The Morgan fingerprint density at radius 2 is 1.94 bits per heavy atom. The number of benzene rings is 1. The van der Waals surface area contributed by atoms with Gasteiger partial charge in [0.2, 0.25) is 0 Å². The number of carbonyl (C=O) groups is 2. The summed E-state index contributed by atoms with van der Waals surface area (Å²) < 4.78 is 6.06. The van der Waals surface area contributed by atoms with Crippen molar-refractivity contribution >= 4 is 50.9 Å². The lowest BCUT2D eigenvalue weighted by Gasteiger charge is -2.33. The van der Waals surface area contributed by atoms with Gasteiger partial charge in [0.05, 0.1) is 28.7 Å². The first kappa shape index (κ1) is 20.4. The summed E-state index contributed by atoms with van der Waals surface area (Å²) in [4.78, 5) is 37.5. The number of fused-ring (bicyclic) bond motifs is 4. The van der Waals surface area contributed by atoms with Gasteiger partial charge in [-0.1, -0.05) is 30.8 Å². The van der Waals surface area contributed by atoms with Crippen LogP contribution in [0, 0.1) is 0 Å². The molecular weight excluding hydrogens is 432 g/mol. The molecule has 0 unspecified atom stereocenters. The number of hydrogen-bond donors (Lipinski definition) is 1. The minimum Gasteiger partial charge on any atom is -0.383 e. The Hall–Kier alpha value is -2.49. The Balaban J connectivity index is 1.32. The van der Waals surface area contributed by atoms with E-state index < -0.39 is 0 Å². The highest BCUT2D eigenvalue weighted by Crippen LogP contribution is 2.41. The van der Waals surface area contributed by atoms with Crippen LogP contribution in [0.3, 0.4) is 0 Å². The zero-order valence-corrected chi connectivity index (χ0v) is 18.9.